The van der Waals surface area contributed by atoms with Crippen LogP contribution in [0.5, 0.6) is 0 Å². The normalized spacial score (nSPS) is 20.8. The number of sulfonamides is 1. The number of carboxylic acid groups (broad SMARTS) is 1. The van der Waals surface area contributed by atoms with Crippen molar-refractivity contribution in [1.29, 1.82) is 0 Å². The Kier molecular flexibility index (Phi) is 4.51. The third-order valence-electron chi connectivity index (χ3n) is 3.46. The lowest BCUT2D eigenvalue weighted by Gasteiger charge is -2.32. The fraction of sp³-hybridized carbons (Fsp3) is 0.462. The molecule has 1 fully saturated rings. The molecule has 5 nitrogen and oxygen atoms in total. The molecule has 0 aliphatic carbocycles. The maximum atomic E-state index is 12.7. The highest BCUT2D eigenvalue weighted by Crippen LogP contribution is 2.28. The second-order valence-corrected chi connectivity index (χ2v) is 7.65. The molecule has 7 heteroatoms. The van der Waals surface area contributed by atoms with Crippen molar-refractivity contribution >= 4 is 31.9 Å². The van der Waals surface area contributed by atoms with Gasteiger partial charge in [0, 0.05) is 11.0 Å². The van der Waals surface area contributed by atoms with Crippen LogP contribution in [-0.2, 0) is 14.8 Å². The molecule has 0 amide bonds. The Morgan fingerprint density at radius 2 is 2.10 bits per heavy atom. The molecule has 1 aromatic carbocycles. The van der Waals surface area contributed by atoms with Crippen LogP contribution in [-0.4, -0.2) is 36.4 Å². The van der Waals surface area contributed by atoms with Crippen LogP contribution in [0.4, 0.5) is 0 Å². The molecule has 0 aromatic heterocycles. The molecular formula is C13H16BrNO4S. The predicted molar refractivity (Wildman–Crippen MR) is 78.0 cm³/mol. The summed E-state index contributed by atoms with van der Waals surface area (Å²) in [5.74, 6) is -1.08. The van der Waals surface area contributed by atoms with Gasteiger partial charge in [-0.3, -0.25) is 4.79 Å². The first-order valence-corrected chi connectivity index (χ1v) is 8.58. The zero-order valence-corrected chi connectivity index (χ0v) is 13.4. The number of hydrogen-bond donors (Lipinski definition) is 1. The van der Waals surface area contributed by atoms with Gasteiger partial charge in [0.2, 0.25) is 10.0 Å². The third-order valence-corrected chi connectivity index (χ3v) is 6.02. The number of rotatable bonds is 3. The number of nitrogens with zero attached hydrogens (tertiary/aromatic N) is 1. The van der Waals surface area contributed by atoms with Crippen LogP contribution < -0.4 is 0 Å². The minimum atomic E-state index is -3.77. The molecule has 1 unspecified atom stereocenters. The average molecular weight is 362 g/mol. The maximum absolute atomic E-state index is 12.7. The zero-order valence-electron chi connectivity index (χ0n) is 11.0. The van der Waals surface area contributed by atoms with Crippen LogP contribution in [0.3, 0.4) is 0 Å². The minimum Gasteiger partial charge on any atom is -0.480 e. The molecule has 110 valence electrons. The molecule has 0 bridgehead atoms. The molecule has 2 rings (SSSR count). The fourth-order valence-electron chi connectivity index (χ4n) is 2.47. The van der Waals surface area contributed by atoms with Crippen molar-refractivity contribution in [2.24, 2.45) is 0 Å². The second-order valence-electron chi connectivity index (χ2n) is 4.88. The van der Waals surface area contributed by atoms with Crippen molar-refractivity contribution in [3.05, 3.63) is 28.2 Å². The van der Waals surface area contributed by atoms with Crippen LogP contribution in [0.2, 0.25) is 0 Å². The largest absolute Gasteiger partial charge is 0.480 e. The Hall–Kier alpha value is -0.920. The first-order valence-electron chi connectivity index (χ1n) is 6.35. The molecule has 0 saturated carbocycles. The SMILES string of the molecule is Cc1cc(Br)ccc1S(=O)(=O)N1CCCCC1C(=O)O. The van der Waals surface area contributed by atoms with E-state index >= 15 is 0 Å². The Balaban J connectivity index is 2.45. The van der Waals surface area contributed by atoms with E-state index in [1.807, 2.05) is 0 Å². The Morgan fingerprint density at radius 3 is 2.70 bits per heavy atom. The predicted octanol–water partition coefficient (Wildman–Crippen LogP) is 2.39. The lowest BCUT2D eigenvalue weighted by atomic mass is 10.1. The first-order chi connectivity index (χ1) is 9.34. The molecule has 1 aliphatic heterocycles. The topological polar surface area (TPSA) is 74.7 Å². The fourth-order valence-corrected chi connectivity index (χ4v) is 4.80. The van der Waals surface area contributed by atoms with E-state index in [4.69, 9.17) is 0 Å². The number of halogens is 1. The van der Waals surface area contributed by atoms with Crippen molar-refractivity contribution in [3.8, 4) is 0 Å². The standard InChI is InChI=1S/C13H16BrNO4S/c1-9-8-10(14)5-6-12(9)20(18,19)15-7-3-2-4-11(15)13(16)17/h5-6,8,11H,2-4,7H2,1H3,(H,16,17). The van der Waals surface area contributed by atoms with Gasteiger partial charge < -0.3 is 5.11 Å². The van der Waals surface area contributed by atoms with Crippen molar-refractivity contribution < 1.29 is 18.3 Å². The molecule has 1 atom stereocenters. The number of benzene rings is 1. The summed E-state index contributed by atoms with van der Waals surface area (Å²) in [7, 11) is -3.77. The van der Waals surface area contributed by atoms with Gasteiger partial charge in [0.05, 0.1) is 4.90 Å². The molecule has 0 spiro atoms. The van der Waals surface area contributed by atoms with Crippen LogP contribution >= 0.6 is 15.9 Å². The Morgan fingerprint density at radius 1 is 1.40 bits per heavy atom. The average Bonchev–Trinajstić information content (AvgIpc) is 2.38. The van der Waals surface area contributed by atoms with E-state index in [2.05, 4.69) is 15.9 Å². The van der Waals surface area contributed by atoms with Gasteiger partial charge in [0.25, 0.3) is 0 Å². The van der Waals surface area contributed by atoms with Gasteiger partial charge in [-0.1, -0.05) is 15.9 Å². The van der Waals surface area contributed by atoms with Gasteiger partial charge in [-0.25, -0.2) is 8.42 Å². The first kappa shape index (κ1) is 15.5. The smallest absolute Gasteiger partial charge is 0.322 e. The van der Waals surface area contributed by atoms with Crippen molar-refractivity contribution in [2.45, 2.75) is 37.1 Å². The second kappa shape index (κ2) is 5.83. The van der Waals surface area contributed by atoms with E-state index in [1.54, 1.807) is 19.1 Å². The molecule has 0 radical (unpaired) electrons. The molecule has 1 heterocycles. The zero-order chi connectivity index (χ0) is 14.9. The van der Waals surface area contributed by atoms with E-state index in [1.165, 1.54) is 6.07 Å². The van der Waals surface area contributed by atoms with Crippen molar-refractivity contribution in [2.75, 3.05) is 6.54 Å². The summed E-state index contributed by atoms with van der Waals surface area (Å²) < 4.78 is 27.3. The van der Waals surface area contributed by atoms with Gasteiger partial charge in [-0.2, -0.15) is 4.31 Å². The number of aliphatic carboxylic acids is 1. The summed E-state index contributed by atoms with van der Waals surface area (Å²) in [5, 5.41) is 9.22. The minimum absolute atomic E-state index is 0.175. The summed E-state index contributed by atoms with van der Waals surface area (Å²) in [6.07, 6.45) is 1.80. The third kappa shape index (κ3) is 2.89. The lowest BCUT2D eigenvalue weighted by molar-refractivity contribution is -0.142. The van der Waals surface area contributed by atoms with E-state index < -0.39 is 22.0 Å². The number of carbonyl (C=O) groups is 1. The van der Waals surface area contributed by atoms with E-state index in [9.17, 15) is 18.3 Å². The monoisotopic (exact) mass is 361 g/mol. The highest BCUT2D eigenvalue weighted by Gasteiger charge is 2.38. The maximum Gasteiger partial charge on any atom is 0.322 e. The van der Waals surface area contributed by atoms with Crippen molar-refractivity contribution in [3.63, 3.8) is 0 Å². The van der Waals surface area contributed by atoms with Gasteiger partial charge >= 0.3 is 5.97 Å². The number of hydrogen-bond acceptors (Lipinski definition) is 3. The van der Waals surface area contributed by atoms with Gasteiger partial charge in [0.1, 0.15) is 6.04 Å². The van der Waals surface area contributed by atoms with Crippen LogP contribution in [0.25, 0.3) is 0 Å². The van der Waals surface area contributed by atoms with Crippen LogP contribution in [0.15, 0.2) is 27.6 Å². The number of carboxylic acids is 1. The molecule has 1 saturated heterocycles. The van der Waals surface area contributed by atoms with E-state index in [0.29, 0.717) is 18.4 Å². The Bertz CT molecular complexity index is 629. The van der Waals surface area contributed by atoms with Crippen molar-refractivity contribution in [1.82, 2.24) is 4.31 Å². The molecular weight excluding hydrogens is 346 g/mol. The molecule has 1 N–H and O–H groups in total. The van der Waals surface area contributed by atoms with Gasteiger partial charge in [0.15, 0.2) is 0 Å². The summed E-state index contributed by atoms with van der Waals surface area (Å²) in [6, 6.07) is 3.92. The number of piperidine rings is 1. The van der Waals surface area contributed by atoms with Crippen LogP contribution in [0.1, 0.15) is 24.8 Å². The van der Waals surface area contributed by atoms with Gasteiger partial charge in [-0.05, 0) is 49.9 Å². The number of aryl methyl sites for hydroxylation is 1. The summed E-state index contributed by atoms with van der Waals surface area (Å²) in [6.45, 7) is 1.96. The van der Waals surface area contributed by atoms with Gasteiger partial charge in [-0.15, -0.1) is 0 Å². The summed E-state index contributed by atoms with van der Waals surface area (Å²) in [5.41, 5.74) is 0.606. The quantitative estimate of drug-likeness (QED) is 0.896. The van der Waals surface area contributed by atoms with Crippen LogP contribution in [0, 0.1) is 6.92 Å². The molecule has 20 heavy (non-hydrogen) atoms. The molecule has 1 aliphatic rings. The molecule has 1 aromatic rings. The highest BCUT2D eigenvalue weighted by molar-refractivity contribution is 9.10. The van der Waals surface area contributed by atoms with E-state index in [-0.39, 0.29) is 11.4 Å². The van der Waals surface area contributed by atoms with E-state index in [0.717, 1.165) is 15.2 Å². The highest BCUT2D eigenvalue weighted by atomic mass is 79.9. The summed E-state index contributed by atoms with van der Waals surface area (Å²) >= 11 is 3.29. The summed E-state index contributed by atoms with van der Waals surface area (Å²) in [4.78, 5) is 11.4. The lowest BCUT2D eigenvalue weighted by Crippen LogP contribution is -2.47. The Labute approximate surface area is 126 Å².